The summed E-state index contributed by atoms with van der Waals surface area (Å²) in [6.07, 6.45) is 0.351. The highest BCUT2D eigenvalue weighted by molar-refractivity contribution is 5.80. The first kappa shape index (κ1) is 13.6. The van der Waals surface area contributed by atoms with Gasteiger partial charge < -0.3 is 5.11 Å². The summed E-state index contributed by atoms with van der Waals surface area (Å²) in [5, 5.41) is 12.5. The predicted octanol–water partition coefficient (Wildman–Crippen LogP) is 2.51. The quantitative estimate of drug-likeness (QED) is 0.830. The summed E-state index contributed by atoms with van der Waals surface area (Å²) in [6.45, 7) is 5.51. The normalized spacial score (nSPS) is 14.6. The van der Waals surface area contributed by atoms with E-state index >= 15 is 0 Å². The molecule has 0 saturated heterocycles. The number of nitrogens with one attached hydrogen (secondary N) is 1. The largest absolute Gasteiger partial charge is 0.480 e. The van der Waals surface area contributed by atoms with Gasteiger partial charge in [-0.15, -0.1) is 0 Å². The first-order valence-corrected chi connectivity index (χ1v) is 5.69. The molecule has 0 bridgehead atoms. The van der Waals surface area contributed by atoms with Crippen molar-refractivity contribution in [3.63, 3.8) is 0 Å². The summed E-state index contributed by atoms with van der Waals surface area (Å²) in [5.74, 6) is -1.41. The van der Waals surface area contributed by atoms with Gasteiger partial charge >= 0.3 is 5.97 Å². The lowest BCUT2D eigenvalue weighted by Crippen LogP contribution is -2.51. The highest BCUT2D eigenvalue weighted by Crippen LogP contribution is 2.26. The maximum absolute atomic E-state index is 13.2. The molecule has 1 aromatic carbocycles. The lowest BCUT2D eigenvalue weighted by atomic mass is 9.86. The molecule has 0 heterocycles. The first-order valence-electron chi connectivity index (χ1n) is 5.69. The van der Waals surface area contributed by atoms with E-state index in [-0.39, 0.29) is 6.04 Å². The molecule has 0 radical (unpaired) electrons. The average Bonchev–Trinajstić information content (AvgIpc) is 2.25. The molecule has 3 nitrogen and oxygen atoms in total. The number of carboxylic acids is 1. The van der Waals surface area contributed by atoms with Gasteiger partial charge in [0.2, 0.25) is 0 Å². The Balaban J connectivity index is 3.26. The molecule has 0 aliphatic carbocycles. The molecule has 17 heavy (non-hydrogen) atoms. The molecule has 2 N–H and O–H groups in total. The second-order valence-electron chi connectivity index (χ2n) is 4.37. The highest BCUT2D eigenvalue weighted by atomic mass is 19.1. The fraction of sp³-hybridized carbons (Fsp3) is 0.462. The van der Waals surface area contributed by atoms with E-state index in [0.29, 0.717) is 12.0 Å². The molecule has 0 aliphatic heterocycles. The summed E-state index contributed by atoms with van der Waals surface area (Å²) < 4.78 is 13.2. The lowest BCUT2D eigenvalue weighted by molar-refractivity contribution is -0.146. The zero-order chi connectivity index (χ0) is 13.1. The van der Waals surface area contributed by atoms with Crippen LogP contribution in [0.3, 0.4) is 0 Å². The summed E-state index contributed by atoms with van der Waals surface area (Å²) in [5.41, 5.74) is -0.780. The van der Waals surface area contributed by atoms with E-state index in [1.54, 1.807) is 13.0 Å². The fourth-order valence-electron chi connectivity index (χ4n) is 1.97. The Hall–Kier alpha value is -1.42. The molecule has 4 heteroatoms. The monoisotopic (exact) mass is 239 g/mol. The summed E-state index contributed by atoms with van der Waals surface area (Å²) >= 11 is 0. The number of benzene rings is 1. The van der Waals surface area contributed by atoms with Crippen molar-refractivity contribution in [1.29, 1.82) is 0 Å². The number of hydrogen-bond acceptors (Lipinski definition) is 2. The van der Waals surface area contributed by atoms with Crippen molar-refractivity contribution in [2.24, 2.45) is 0 Å². The standard InChI is InChI=1S/C13H18FNO2/c1-4-13(12(16)17,15-9(2)3)10-6-5-7-11(14)8-10/h5-9,15H,4H2,1-3H3,(H,16,17). The molecule has 0 aliphatic rings. The van der Waals surface area contributed by atoms with Crippen LogP contribution in [0.2, 0.25) is 0 Å². The van der Waals surface area contributed by atoms with E-state index in [2.05, 4.69) is 5.32 Å². The SMILES string of the molecule is CCC(NC(C)C)(C(=O)O)c1cccc(F)c1. The number of halogens is 1. The Labute approximate surface area is 101 Å². The van der Waals surface area contributed by atoms with Crippen LogP contribution in [0.25, 0.3) is 0 Å². The minimum atomic E-state index is -1.23. The molecule has 0 spiro atoms. The maximum atomic E-state index is 13.2. The Kier molecular flexibility index (Phi) is 4.23. The zero-order valence-electron chi connectivity index (χ0n) is 10.3. The molecule has 94 valence electrons. The van der Waals surface area contributed by atoms with Gasteiger partial charge in [-0.1, -0.05) is 19.1 Å². The van der Waals surface area contributed by atoms with Gasteiger partial charge in [0.15, 0.2) is 0 Å². The van der Waals surface area contributed by atoms with Gasteiger partial charge in [-0.2, -0.15) is 0 Å². The molecular weight excluding hydrogens is 221 g/mol. The molecule has 0 amide bonds. The summed E-state index contributed by atoms with van der Waals surface area (Å²) in [4.78, 5) is 11.5. The van der Waals surface area contributed by atoms with Crippen molar-refractivity contribution in [3.8, 4) is 0 Å². The summed E-state index contributed by atoms with van der Waals surface area (Å²) in [6, 6.07) is 5.74. The van der Waals surface area contributed by atoms with Gasteiger partial charge in [0.1, 0.15) is 11.4 Å². The highest BCUT2D eigenvalue weighted by Gasteiger charge is 2.39. The fourth-order valence-corrected chi connectivity index (χ4v) is 1.97. The maximum Gasteiger partial charge on any atom is 0.328 e. The van der Waals surface area contributed by atoms with Gasteiger partial charge in [0, 0.05) is 6.04 Å². The third kappa shape index (κ3) is 2.82. The van der Waals surface area contributed by atoms with Gasteiger partial charge in [-0.25, -0.2) is 9.18 Å². The van der Waals surface area contributed by atoms with Gasteiger partial charge in [0.05, 0.1) is 0 Å². The predicted molar refractivity (Wildman–Crippen MR) is 64.3 cm³/mol. The number of carboxylic acid groups (broad SMARTS) is 1. The van der Waals surface area contributed by atoms with Gasteiger partial charge in [-0.05, 0) is 38.0 Å². The molecular formula is C13H18FNO2. The van der Waals surface area contributed by atoms with E-state index in [1.807, 2.05) is 13.8 Å². The van der Waals surface area contributed by atoms with Crippen molar-refractivity contribution in [2.45, 2.75) is 38.8 Å². The Morgan fingerprint density at radius 3 is 2.59 bits per heavy atom. The number of aliphatic carboxylic acids is 1. The van der Waals surface area contributed by atoms with E-state index in [1.165, 1.54) is 18.2 Å². The molecule has 1 rings (SSSR count). The second kappa shape index (κ2) is 5.27. The van der Waals surface area contributed by atoms with Crippen molar-refractivity contribution in [1.82, 2.24) is 5.32 Å². The van der Waals surface area contributed by atoms with Crippen LogP contribution in [0.5, 0.6) is 0 Å². The van der Waals surface area contributed by atoms with Crippen molar-refractivity contribution < 1.29 is 14.3 Å². The number of carbonyl (C=O) groups is 1. The van der Waals surface area contributed by atoms with Crippen LogP contribution in [-0.4, -0.2) is 17.1 Å². The molecule has 0 saturated carbocycles. The second-order valence-corrected chi connectivity index (χ2v) is 4.37. The Bertz CT molecular complexity index is 406. The molecule has 0 fully saturated rings. The van der Waals surface area contributed by atoms with Gasteiger partial charge in [-0.3, -0.25) is 5.32 Å². The van der Waals surface area contributed by atoms with E-state index in [9.17, 15) is 14.3 Å². The lowest BCUT2D eigenvalue weighted by Gasteiger charge is -2.32. The van der Waals surface area contributed by atoms with Crippen LogP contribution in [0.15, 0.2) is 24.3 Å². The van der Waals surface area contributed by atoms with Crippen LogP contribution >= 0.6 is 0 Å². The molecule has 1 atom stereocenters. The van der Waals surface area contributed by atoms with Crippen LogP contribution in [0, 0.1) is 5.82 Å². The smallest absolute Gasteiger partial charge is 0.328 e. The van der Waals surface area contributed by atoms with Crippen molar-refractivity contribution in [2.75, 3.05) is 0 Å². The summed E-state index contributed by atoms with van der Waals surface area (Å²) in [7, 11) is 0. The topological polar surface area (TPSA) is 49.3 Å². The molecule has 1 aromatic rings. The van der Waals surface area contributed by atoms with Gasteiger partial charge in [0.25, 0.3) is 0 Å². The third-order valence-electron chi connectivity index (χ3n) is 2.75. The van der Waals surface area contributed by atoms with Crippen molar-refractivity contribution in [3.05, 3.63) is 35.6 Å². The van der Waals surface area contributed by atoms with Crippen LogP contribution in [0.1, 0.15) is 32.8 Å². The molecule has 0 aromatic heterocycles. The molecule has 1 unspecified atom stereocenters. The Morgan fingerprint density at radius 1 is 1.53 bits per heavy atom. The first-order chi connectivity index (χ1) is 7.92. The van der Waals surface area contributed by atoms with Crippen LogP contribution in [0.4, 0.5) is 4.39 Å². The number of rotatable bonds is 5. The Morgan fingerprint density at radius 2 is 2.18 bits per heavy atom. The zero-order valence-corrected chi connectivity index (χ0v) is 10.3. The third-order valence-corrected chi connectivity index (χ3v) is 2.75. The van der Waals surface area contributed by atoms with E-state index in [0.717, 1.165) is 0 Å². The number of hydrogen-bond donors (Lipinski definition) is 2. The van der Waals surface area contributed by atoms with E-state index in [4.69, 9.17) is 0 Å². The average molecular weight is 239 g/mol. The van der Waals surface area contributed by atoms with E-state index < -0.39 is 17.3 Å². The minimum absolute atomic E-state index is 0.00526. The van der Waals surface area contributed by atoms with Crippen LogP contribution in [-0.2, 0) is 10.3 Å². The van der Waals surface area contributed by atoms with Crippen LogP contribution < -0.4 is 5.32 Å². The minimum Gasteiger partial charge on any atom is -0.480 e. The van der Waals surface area contributed by atoms with Crippen molar-refractivity contribution >= 4 is 5.97 Å².